The number of rotatable bonds is 27. The lowest BCUT2D eigenvalue weighted by atomic mass is 9.84. The van der Waals surface area contributed by atoms with E-state index in [2.05, 4.69) is 20.8 Å². The molecule has 0 saturated heterocycles. The van der Waals surface area contributed by atoms with Crippen LogP contribution in [0.25, 0.3) is 0 Å². The summed E-state index contributed by atoms with van der Waals surface area (Å²) in [4.78, 5) is 0. The molecule has 0 spiro atoms. The van der Waals surface area contributed by atoms with Crippen molar-refractivity contribution >= 4 is 0 Å². The van der Waals surface area contributed by atoms with Crippen LogP contribution in [0.1, 0.15) is 175 Å². The lowest BCUT2D eigenvalue weighted by Crippen LogP contribution is -2.42. The van der Waals surface area contributed by atoms with Crippen molar-refractivity contribution in [3.63, 3.8) is 0 Å². The molecule has 0 N–H and O–H groups in total. The Labute approximate surface area is 210 Å². The average Bonchev–Trinajstić information content (AvgIpc) is 2.83. The van der Waals surface area contributed by atoms with Crippen molar-refractivity contribution in [2.75, 3.05) is 14.2 Å². The largest absolute Gasteiger partial charge is 0.353 e. The molecule has 0 aliphatic rings. The normalized spacial score (nSPS) is 13.0. The monoisotopic (exact) mass is 468 g/mol. The van der Waals surface area contributed by atoms with Crippen LogP contribution >= 0.6 is 0 Å². The van der Waals surface area contributed by atoms with Crippen molar-refractivity contribution in [2.24, 2.45) is 5.92 Å². The molecule has 0 saturated carbocycles. The number of unbranched alkanes of at least 4 members (excludes halogenated alkanes) is 18. The standard InChI is InChI=1S/C31H64O2/c1-6-9-11-13-15-16-17-18-19-20-21-22-24-26-28-30(27-25-23-14-12-10-7-2)31(32-4,33-5)29-8-3/h30H,6-29H2,1-5H3. The molecule has 0 aromatic rings. The summed E-state index contributed by atoms with van der Waals surface area (Å²) in [5, 5.41) is 0. The van der Waals surface area contributed by atoms with Gasteiger partial charge in [0.15, 0.2) is 5.79 Å². The molecule has 33 heavy (non-hydrogen) atoms. The summed E-state index contributed by atoms with van der Waals surface area (Å²) in [6.45, 7) is 6.84. The van der Waals surface area contributed by atoms with Crippen LogP contribution in [0, 0.1) is 5.92 Å². The fraction of sp³-hybridized carbons (Fsp3) is 1.00. The molecule has 0 aliphatic heterocycles. The first-order valence-corrected chi connectivity index (χ1v) is 15.3. The zero-order valence-corrected chi connectivity index (χ0v) is 23.9. The maximum absolute atomic E-state index is 6.03. The Balaban J connectivity index is 4.03. The predicted octanol–water partition coefficient (Wildman–Crippen LogP) is 11.0. The summed E-state index contributed by atoms with van der Waals surface area (Å²) in [6, 6.07) is 0. The summed E-state index contributed by atoms with van der Waals surface area (Å²) in [5.41, 5.74) is 0. The van der Waals surface area contributed by atoms with Crippen LogP contribution in [0.3, 0.4) is 0 Å². The Bertz CT molecular complexity index is 364. The molecule has 1 atom stereocenters. The average molecular weight is 469 g/mol. The van der Waals surface area contributed by atoms with Gasteiger partial charge in [0, 0.05) is 26.6 Å². The minimum Gasteiger partial charge on any atom is -0.353 e. The molecule has 0 rings (SSSR count). The van der Waals surface area contributed by atoms with Crippen LogP contribution in [0.5, 0.6) is 0 Å². The molecule has 1 unspecified atom stereocenters. The highest BCUT2D eigenvalue weighted by Crippen LogP contribution is 2.36. The van der Waals surface area contributed by atoms with Gasteiger partial charge in [0.2, 0.25) is 0 Å². The van der Waals surface area contributed by atoms with E-state index in [4.69, 9.17) is 9.47 Å². The van der Waals surface area contributed by atoms with Gasteiger partial charge in [-0.15, -0.1) is 0 Å². The first kappa shape index (κ1) is 32.9. The second-order valence-electron chi connectivity index (χ2n) is 10.6. The molecule has 0 aromatic heterocycles. The van der Waals surface area contributed by atoms with Gasteiger partial charge in [0.1, 0.15) is 0 Å². The number of hydrogen-bond donors (Lipinski definition) is 0. The fourth-order valence-corrected chi connectivity index (χ4v) is 5.51. The van der Waals surface area contributed by atoms with E-state index in [1.807, 2.05) is 14.2 Å². The van der Waals surface area contributed by atoms with Gasteiger partial charge in [-0.1, -0.05) is 156 Å². The highest BCUT2D eigenvalue weighted by atomic mass is 16.7. The summed E-state index contributed by atoms with van der Waals surface area (Å²) in [5.74, 6) is 0.172. The number of methoxy groups -OCH3 is 2. The topological polar surface area (TPSA) is 18.5 Å². The molecule has 0 radical (unpaired) electrons. The second kappa shape index (κ2) is 25.0. The Morgan fingerprint density at radius 3 is 1.00 bits per heavy atom. The van der Waals surface area contributed by atoms with E-state index >= 15 is 0 Å². The zero-order chi connectivity index (χ0) is 24.5. The maximum atomic E-state index is 6.03. The zero-order valence-electron chi connectivity index (χ0n) is 23.9. The van der Waals surface area contributed by atoms with Gasteiger partial charge in [0.25, 0.3) is 0 Å². The minimum absolute atomic E-state index is 0.366. The van der Waals surface area contributed by atoms with Crippen molar-refractivity contribution in [2.45, 2.75) is 181 Å². The van der Waals surface area contributed by atoms with Crippen LogP contribution < -0.4 is 0 Å². The second-order valence-corrected chi connectivity index (χ2v) is 10.6. The predicted molar refractivity (Wildman–Crippen MR) is 148 cm³/mol. The highest BCUT2D eigenvalue weighted by Gasteiger charge is 2.37. The Hall–Kier alpha value is -0.0800. The van der Waals surface area contributed by atoms with Crippen LogP contribution in [0.4, 0.5) is 0 Å². The van der Waals surface area contributed by atoms with E-state index in [9.17, 15) is 0 Å². The van der Waals surface area contributed by atoms with Crippen molar-refractivity contribution in [3.8, 4) is 0 Å². The first-order valence-electron chi connectivity index (χ1n) is 15.3. The summed E-state index contributed by atoms with van der Waals surface area (Å²) < 4.78 is 12.1. The molecule has 200 valence electrons. The molecule has 2 heteroatoms. The van der Waals surface area contributed by atoms with Gasteiger partial charge in [-0.05, 0) is 12.8 Å². The van der Waals surface area contributed by atoms with Gasteiger partial charge in [-0.2, -0.15) is 0 Å². The van der Waals surface area contributed by atoms with Crippen molar-refractivity contribution < 1.29 is 9.47 Å². The van der Waals surface area contributed by atoms with Gasteiger partial charge in [-0.25, -0.2) is 0 Å². The van der Waals surface area contributed by atoms with E-state index in [0.717, 1.165) is 12.8 Å². The van der Waals surface area contributed by atoms with Crippen LogP contribution in [-0.2, 0) is 9.47 Å². The first-order chi connectivity index (χ1) is 16.2. The van der Waals surface area contributed by atoms with Crippen LogP contribution in [-0.4, -0.2) is 20.0 Å². The van der Waals surface area contributed by atoms with Crippen molar-refractivity contribution in [1.82, 2.24) is 0 Å². The van der Waals surface area contributed by atoms with Crippen LogP contribution in [0.15, 0.2) is 0 Å². The Morgan fingerprint density at radius 2 is 0.727 bits per heavy atom. The van der Waals surface area contributed by atoms with E-state index in [0.29, 0.717) is 5.92 Å². The third-order valence-corrected chi connectivity index (χ3v) is 7.72. The molecule has 0 amide bonds. The van der Waals surface area contributed by atoms with E-state index < -0.39 is 0 Å². The van der Waals surface area contributed by atoms with Gasteiger partial charge < -0.3 is 9.47 Å². The SMILES string of the molecule is CCCCCCCCCCCCCCCCC(CCCCCCCC)C(CCC)(OC)OC. The third-order valence-electron chi connectivity index (χ3n) is 7.72. The molecular weight excluding hydrogens is 404 g/mol. The Kier molecular flexibility index (Phi) is 25.0. The number of ether oxygens (including phenoxy) is 2. The smallest absolute Gasteiger partial charge is 0.170 e. The molecule has 0 aromatic carbocycles. The maximum Gasteiger partial charge on any atom is 0.170 e. The van der Waals surface area contributed by atoms with Crippen molar-refractivity contribution in [3.05, 3.63) is 0 Å². The number of hydrogen-bond acceptors (Lipinski definition) is 2. The van der Waals surface area contributed by atoms with E-state index in [1.54, 1.807) is 0 Å². The highest BCUT2D eigenvalue weighted by molar-refractivity contribution is 4.79. The molecule has 0 aliphatic carbocycles. The summed E-state index contributed by atoms with van der Waals surface area (Å²) in [7, 11) is 3.72. The summed E-state index contributed by atoms with van der Waals surface area (Å²) in [6.07, 6.45) is 32.8. The lowest BCUT2D eigenvalue weighted by molar-refractivity contribution is -0.247. The lowest BCUT2D eigenvalue weighted by Gasteiger charge is -2.39. The van der Waals surface area contributed by atoms with Crippen molar-refractivity contribution in [1.29, 1.82) is 0 Å². The minimum atomic E-state index is -0.366. The molecule has 0 fully saturated rings. The van der Waals surface area contributed by atoms with Crippen LogP contribution in [0.2, 0.25) is 0 Å². The third kappa shape index (κ3) is 17.9. The van der Waals surface area contributed by atoms with E-state index in [-0.39, 0.29) is 5.79 Å². The van der Waals surface area contributed by atoms with Gasteiger partial charge in [-0.3, -0.25) is 0 Å². The molecule has 0 heterocycles. The fourth-order valence-electron chi connectivity index (χ4n) is 5.51. The quantitative estimate of drug-likeness (QED) is 0.0881. The molecule has 2 nitrogen and oxygen atoms in total. The molecular formula is C31H64O2. The summed E-state index contributed by atoms with van der Waals surface area (Å²) >= 11 is 0. The molecule has 0 bridgehead atoms. The van der Waals surface area contributed by atoms with Gasteiger partial charge >= 0.3 is 0 Å². The van der Waals surface area contributed by atoms with E-state index in [1.165, 1.54) is 141 Å². The Morgan fingerprint density at radius 1 is 0.424 bits per heavy atom. The van der Waals surface area contributed by atoms with Gasteiger partial charge in [0.05, 0.1) is 0 Å².